The molecule has 9 heteroatoms. The number of hydrogen-bond donors (Lipinski definition) is 2. The van der Waals surface area contributed by atoms with Crippen molar-refractivity contribution in [1.29, 1.82) is 0 Å². The SMILES string of the molecule is CN1CCC(CNc2ncccc2S(N)(=O)=O)C1c1ccc(Cl)c(F)c1. The van der Waals surface area contributed by atoms with Crippen molar-refractivity contribution >= 4 is 27.4 Å². The molecule has 3 N–H and O–H groups in total. The van der Waals surface area contributed by atoms with Crippen LogP contribution in [-0.2, 0) is 10.0 Å². The predicted molar refractivity (Wildman–Crippen MR) is 99.0 cm³/mol. The molecular weight excluding hydrogens is 379 g/mol. The second kappa shape index (κ2) is 7.48. The van der Waals surface area contributed by atoms with E-state index in [9.17, 15) is 12.8 Å². The van der Waals surface area contributed by atoms with Gasteiger partial charge in [0.25, 0.3) is 0 Å². The molecular formula is C17H20ClFN4O2S. The molecule has 1 saturated heterocycles. The molecule has 0 amide bonds. The molecule has 0 bridgehead atoms. The third-order valence-corrected chi connectivity index (χ3v) is 5.92. The van der Waals surface area contributed by atoms with Gasteiger partial charge in [0.15, 0.2) is 0 Å². The van der Waals surface area contributed by atoms with Crippen LogP contribution in [0.3, 0.4) is 0 Å². The quantitative estimate of drug-likeness (QED) is 0.808. The number of sulfonamides is 1. The van der Waals surface area contributed by atoms with E-state index >= 15 is 0 Å². The fourth-order valence-corrected chi connectivity index (χ4v) is 4.22. The van der Waals surface area contributed by atoms with Crippen LogP contribution in [0.1, 0.15) is 18.0 Å². The van der Waals surface area contributed by atoms with Crippen LogP contribution in [0.4, 0.5) is 10.2 Å². The number of nitrogens with two attached hydrogens (primary N) is 1. The Hall–Kier alpha value is -1.74. The molecule has 0 aliphatic carbocycles. The molecule has 140 valence electrons. The first-order valence-corrected chi connectivity index (χ1v) is 10.1. The zero-order valence-corrected chi connectivity index (χ0v) is 15.8. The second-order valence-electron chi connectivity index (χ2n) is 6.42. The van der Waals surface area contributed by atoms with E-state index in [1.54, 1.807) is 6.07 Å². The molecule has 1 aromatic carbocycles. The van der Waals surface area contributed by atoms with Crippen LogP contribution >= 0.6 is 11.6 Å². The monoisotopic (exact) mass is 398 g/mol. The van der Waals surface area contributed by atoms with E-state index in [1.807, 2.05) is 13.1 Å². The van der Waals surface area contributed by atoms with Crippen molar-refractivity contribution in [3.05, 3.63) is 52.9 Å². The Morgan fingerprint density at radius 2 is 2.19 bits per heavy atom. The van der Waals surface area contributed by atoms with Crippen LogP contribution in [0, 0.1) is 11.7 Å². The Balaban J connectivity index is 1.80. The number of aromatic nitrogens is 1. The smallest absolute Gasteiger partial charge is 0.241 e. The first kappa shape index (κ1) is 19.0. The van der Waals surface area contributed by atoms with Crippen LogP contribution in [0.2, 0.25) is 5.02 Å². The number of nitrogens with zero attached hydrogens (tertiary/aromatic N) is 2. The lowest BCUT2D eigenvalue weighted by Gasteiger charge is -2.26. The first-order valence-electron chi connectivity index (χ1n) is 8.14. The van der Waals surface area contributed by atoms with Crippen LogP contribution < -0.4 is 10.5 Å². The van der Waals surface area contributed by atoms with Gasteiger partial charge in [-0.15, -0.1) is 0 Å². The number of nitrogens with one attached hydrogen (secondary N) is 1. The molecule has 0 saturated carbocycles. The van der Waals surface area contributed by atoms with Gasteiger partial charge in [0.1, 0.15) is 16.5 Å². The van der Waals surface area contributed by atoms with Gasteiger partial charge < -0.3 is 5.32 Å². The summed E-state index contributed by atoms with van der Waals surface area (Å²) in [7, 11) is -1.89. The van der Waals surface area contributed by atoms with Crippen molar-refractivity contribution in [2.24, 2.45) is 11.1 Å². The molecule has 2 aromatic rings. The molecule has 6 nitrogen and oxygen atoms in total. The number of primary sulfonamides is 1. The van der Waals surface area contributed by atoms with Gasteiger partial charge >= 0.3 is 0 Å². The maximum absolute atomic E-state index is 13.9. The summed E-state index contributed by atoms with van der Waals surface area (Å²) in [6, 6.07) is 7.77. The number of benzene rings is 1. The minimum atomic E-state index is -3.87. The van der Waals surface area contributed by atoms with E-state index in [2.05, 4.69) is 15.2 Å². The number of pyridine rings is 1. The predicted octanol–water partition coefficient (Wildman–Crippen LogP) is 2.63. The number of likely N-dealkylation sites (tertiary alicyclic amines) is 1. The van der Waals surface area contributed by atoms with Crippen molar-refractivity contribution in [1.82, 2.24) is 9.88 Å². The average molecular weight is 399 g/mol. The number of halogens is 2. The Morgan fingerprint density at radius 3 is 2.88 bits per heavy atom. The van der Waals surface area contributed by atoms with Crippen LogP contribution in [0.25, 0.3) is 0 Å². The summed E-state index contributed by atoms with van der Waals surface area (Å²) < 4.78 is 37.2. The molecule has 1 aromatic heterocycles. The molecule has 0 spiro atoms. The summed E-state index contributed by atoms with van der Waals surface area (Å²) in [4.78, 5) is 6.19. The van der Waals surface area contributed by atoms with Crippen molar-refractivity contribution < 1.29 is 12.8 Å². The normalized spacial score (nSPS) is 21.1. The molecule has 3 rings (SSSR count). The van der Waals surface area contributed by atoms with E-state index in [1.165, 1.54) is 24.4 Å². The molecule has 1 fully saturated rings. The van der Waals surface area contributed by atoms with Crippen molar-refractivity contribution in [3.8, 4) is 0 Å². The van der Waals surface area contributed by atoms with E-state index in [0.29, 0.717) is 6.54 Å². The van der Waals surface area contributed by atoms with Gasteiger partial charge in [-0.05, 0) is 55.8 Å². The Kier molecular flexibility index (Phi) is 5.47. The maximum Gasteiger partial charge on any atom is 0.241 e. The largest absolute Gasteiger partial charge is 0.369 e. The fourth-order valence-electron chi connectivity index (χ4n) is 3.44. The number of hydrogen-bond acceptors (Lipinski definition) is 5. The standard InChI is InChI=1S/C17H20ClFN4O2S/c1-23-8-6-12(16(23)11-4-5-13(18)14(19)9-11)10-22-17-15(26(20,24)25)3-2-7-21-17/h2-5,7,9,12,16H,6,8,10H2,1H3,(H,21,22)(H2,20,24,25). The molecule has 2 unspecified atom stereocenters. The summed E-state index contributed by atoms with van der Waals surface area (Å²) in [5.41, 5.74) is 0.839. The molecule has 26 heavy (non-hydrogen) atoms. The molecule has 1 aliphatic heterocycles. The van der Waals surface area contributed by atoms with Gasteiger partial charge in [-0.1, -0.05) is 17.7 Å². The highest BCUT2D eigenvalue weighted by Crippen LogP contribution is 2.37. The molecule has 2 heterocycles. The number of anilines is 1. The third-order valence-electron chi connectivity index (χ3n) is 4.67. The van der Waals surface area contributed by atoms with Crippen molar-refractivity contribution in [2.75, 3.05) is 25.5 Å². The lowest BCUT2D eigenvalue weighted by Crippen LogP contribution is -2.26. The summed E-state index contributed by atoms with van der Waals surface area (Å²) >= 11 is 5.78. The van der Waals surface area contributed by atoms with Crippen LogP contribution in [0.15, 0.2) is 41.4 Å². The van der Waals surface area contributed by atoms with Gasteiger partial charge in [-0.3, -0.25) is 4.90 Å². The maximum atomic E-state index is 13.9. The van der Waals surface area contributed by atoms with Gasteiger partial charge in [0.05, 0.1) is 5.02 Å². The van der Waals surface area contributed by atoms with E-state index < -0.39 is 15.8 Å². The van der Waals surface area contributed by atoms with Crippen LogP contribution in [0.5, 0.6) is 0 Å². The highest BCUT2D eigenvalue weighted by Gasteiger charge is 2.33. The molecule has 2 atom stereocenters. The molecule has 0 radical (unpaired) electrons. The topological polar surface area (TPSA) is 88.3 Å². The lowest BCUT2D eigenvalue weighted by molar-refractivity contribution is 0.281. The van der Waals surface area contributed by atoms with Gasteiger partial charge in [-0.2, -0.15) is 0 Å². The summed E-state index contributed by atoms with van der Waals surface area (Å²) in [5.74, 6) is -0.0705. The van der Waals surface area contributed by atoms with Gasteiger partial charge in [-0.25, -0.2) is 22.9 Å². The van der Waals surface area contributed by atoms with E-state index in [-0.39, 0.29) is 27.7 Å². The lowest BCUT2D eigenvalue weighted by atomic mass is 9.93. The zero-order valence-electron chi connectivity index (χ0n) is 14.2. The van der Waals surface area contributed by atoms with Gasteiger partial charge in [0.2, 0.25) is 10.0 Å². The van der Waals surface area contributed by atoms with Crippen LogP contribution in [-0.4, -0.2) is 38.4 Å². The Labute approximate surface area is 157 Å². The summed E-state index contributed by atoms with van der Waals surface area (Å²) in [6.07, 6.45) is 2.39. The third kappa shape index (κ3) is 3.98. The van der Waals surface area contributed by atoms with Gasteiger partial charge in [0, 0.05) is 18.8 Å². The zero-order chi connectivity index (χ0) is 18.9. The Bertz CT molecular complexity index is 909. The Morgan fingerprint density at radius 1 is 1.42 bits per heavy atom. The summed E-state index contributed by atoms with van der Waals surface area (Å²) in [5, 5.41) is 8.43. The minimum absolute atomic E-state index is 0.00378. The van der Waals surface area contributed by atoms with E-state index in [4.69, 9.17) is 16.7 Å². The highest BCUT2D eigenvalue weighted by molar-refractivity contribution is 7.89. The highest BCUT2D eigenvalue weighted by atomic mass is 35.5. The average Bonchev–Trinajstić information content (AvgIpc) is 2.96. The molecule has 1 aliphatic rings. The first-order chi connectivity index (χ1) is 12.3. The second-order valence-corrected chi connectivity index (χ2v) is 8.36. The fraction of sp³-hybridized carbons (Fsp3) is 0.353. The summed E-state index contributed by atoms with van der Waals surface area (Å²) in [6.45, 7) is 1.34. The van der Waals surface area contributed by atoms with Crippen molar-refractivity contribution in [2.45, 2.75) is 17.4 Å². The van der Waals surface area contributed by atoms with E-state index in [0.717, 1.165) is 18.5 Å². The minimum Gasteiger partial charge on any atom is -0.369 e. The number of rotatable bonds is 5. The van der Waals surface area contributed by atoms with Crippen molar-refractivity contribution in [3.63, 3.8) is 0 Å².